The minimum atomic E-state index is -0.309. The fourth-order valence-electron chi connectivity index (χ4n) is 3.73. The Morgan fingerprint density at radius 1 is 0.900 bits per heavy atom. The summed E-state index contributed by atoms with van der Waals surface area (Å²) in [6.45, 7) is -0.204. The Morgan fingerprint density at radius 3 is 2.25 bits per heavy atom. The molecule has 1 saturated heterocycles. The first-order valence-corrected chi connectivity index (χ1v) is 13.9. The highest BCUT2D eigenvalue weighted by Crippen LogP contribution is 2.38. The fraction of sp³-hybridized carbons (Fsp3) is 0.0333. The van der Waals surface area contributed by atoms with Crippen molar-refractivity contribution < 1.29 is 14.3 Å². The Labute approximate surface area is 250 Å². The molecular formula is C30H20Cl3N3O3S. The molecule has 1 fully saturated rings. The zero-order chi connectivity index (χ0) is 28.1. The number of carbonyl (C=O) groups is 2. The molecular weight excluding hydrogens is 589 g/mol. The van der Waals surface area contributed by atoms with Crippen LogP contribution in [0.4, 0.5) is 17.1 Å². The van der Waals surface area contributed by atoms with E-state index in [9.17, 15) is 9.59 Å². The van der Waals surface area contributed by atoms with E-state index in [2.05, 4.69) is 5.32 Å². The summed E-state index contributed by atoms with van der Waals surface area (Å²) >= 11 is 19.8. The van der Waals surface area contributed by atoms with E-state index in [1.165, 1.54) is 16.7 Å². The van der Waals surface area contributed by atoms with Gasteiger partial charge in [-0.25, -0.2) is 4.99 Å². The average Bonchev–Trinajstić information content (AvgIpc) is 3.24. The van der Waals surface area contributed by atoms with E-state index in [0.717, 1.165) is 0 Å². The van der Waals surface area contributed by atoms with E-state index < -0.39 is 0 Å². The molecule has 0 atom stereocenters. The molecule has 0 radical (unpaired) electrons. The van der Waals surface area contributed by atoms with Gasteiger partial charge in [-0.05, 0) is 96.2 Å². The summed E-state index contributed by atoms with van der Waals surface area (Å²) in [6.07, 6.45) is 1.73. The van der Waals surface area contributed by atoms with Crippen molar-refractivity contribution in [3.63, 3.8) is 0 Å². The number of nitrogens with zero attached hydrogens (tertiary/aromatic N) is 2. The first kappa shape index (κ1) is 27.8. The zero-order valence-corrected chi connectivity index (χ0v) is 23.8. The lowest BCUT2D eigenvalue weighted by molar-refractivity contribution is -0.118. The Morgan fingerprint density at radius 2 is 1.57 bits per heavy atom. The van der Waals surface area contributed by atoms with E-state index in [1.807, 2.05) is 18.2 Å². The number of benzene rings is 4. The van der Waals surface area contributed by atoms with Crippen molar-refractivity contribution in [3.8, 4) is 5.75 Å². The maximum absolute atomic E-state index is 13.5. The van der Waals surface area contributed by atoms with Crippen LogP contribution in [0.25, 0.3) is 6.08 Å². The molecule has 2 amide bonds. The normalized spacial score (nSPS) is 15.1. The number of carbonyl (C=O) groups excluding carboxylic acids is 2. The van der Waals surface area contributed by atoms with Crippen LogP contribution in [0.2, 0.25) is 15.1 Å². The van der Waals surface area contributed by atoms with Crippen LogP contribution in [0, 0.1) is 0 Å². The summed E-state index contributed by atoms with van der Waals surface area (Å²) in [4.78, 5) is 32.4. The first-order chi connectivity index (χ1) is 19.4. The molecule has 1 heterocycles. The van der Waals surface area contributed by atoms with Crippen LogP contribution in [-0.4, -0.2) is 23.6 Å². The number of hydrogen-bond donors (Lipinski definition) is 1. The summed E-state index contributed by atoms with van der Waals surface area (Å²) in [5, 5.41) is 4.70. The number of hydrogen-bond acceptors (Lipinski definition) is 5. The molecule has 4 aromatic rings. The van der Waals surface area contributed by atoms with Gasteiger partial charge in [-0.2, -0.15) is 0 Å². The topological polar surface area (TPSA) is 71.0 Å². The minimum absolute atomic E-state index is 0.204. The van der Waals surface area contributed by atoms with Crippen molar-refractivity contribution >= 4 is 86.7 Å². The molecule has 4 aromatic carbocycles. The number of thioether (sulfide) groups is 1. The SMILES string of the molecule is O=C(COc1ccc(/C=C2\SC(=Nc3ccc(Cl)cc3)N(c3ccc(Cl)cc3)C2=O)cc1Cl)Nc1ccccc1. The van der Waals surface area contributed by atoms with Crippen molar-refractivity contribution in [1.29, 1.82) is 0 Å². The molecule has 6 nitrogen and oxygen atoms in total. The van der Waals surface area contributed by atoms with Gasteiger partial charge in [-0.3, -0.25) is 14.5 Å². The predicted molar refractivity (Wildman–Crippen MR) is 165 cm³/mol. The van der Waals surface area contributed by atoms with Crippen molar-refractivity contribution in [3.05, 3.63) is 123 Å². The van der Waals surface area contributed by atoms with Gasteiger partial charge in [0.15, 0.2) is 11.8 Å². The smallest absolute Gasteiger partial charge is 0.271 e. The maximum atomic E-state index is 13.5. The van der Waals surface area contributed by atoms with Crippen molar-refractivity contribution in [2.75, 3.05) is 16.8 Å². The van der Waals surface area contributed by atoms with E-state index in [-0.39, 0.29) is 18.4 Å². The number of amidine groups is 1. The number of anilines is 2. The summed E-state index contributed by atoms with van der Waals surface area (Å²) in [7, 11) is 0. The second kappa shape index (κ2) is 12.6. The highest BCUT2D eigenvalue weighted by Gasteiger charge is 2.34. The van der Waals surface area contributed by atoms with Crippen LogP contribution in [0.1, 0.15) is 5.56 Å². The Kier molecular flexibility index (Phi) is 8.77. The summed E-state index contributed by atoms with van der Waals surface area (Å²) in [5.74, 6) is -0.199. The van der Waals surface area contributed by atoms with Crippen LogP contribution in [-0.2, 0) is 9.59 Å². The Hall–Kier alpha value is -3.75. The molecule has 0 bridgehead atoms. The van der Waals surface area contributed by atoms with Gasteiger partial charge in [0.05, 0.1) is 21.3 Å². The van der Waals surface area contributed by atoms with E-state index in [1.54, 1.807) is 84.9 Å². The van der Waals surface area contributed by atoms with Crippen LogP contribution in [0.15, 0.2) is 107 Å². The second-order valence-corrected chi connectivity index (χ2v) is 10.8. The number of ether oxygens (including phenoxy) is 1. The molecule has 0 saturated carbocycles. The largest absolute Gasteiger partial charge is 0.482 e. The first-order valence-electron chi connectivity index (χ1n) is 12.0. The van der Waals surface area contributed by atoms with Crippen molar-refractivity contribution in [2.24, 2.45) is 4.99 Å². The Bertz CT molecular complexity index is 1610. The lowest BCUT2D eigenvalue weighted by atomic mass is 10.2. The molecule has 0 spiro atoms. The lowest BCUT2D eigenvalue weighted by Gasteiger charge is -2.15. The van der Waals surface area contributed by atoms with Gasteiger partial charge in [0.2, 0.25) is 0 Å². The summed E-state index contributed by atoms with van der Waals surface area (Å²) in [5.41, 5.74) is 2.65. The fourth-order valence-corrected chi connectivity index (χ4v) is 5.23. The molecule has 1 aliphatic rings. The standard InChI is InChI=1S/C30H20Cl3N3O3S/c31-20-7-11-23(12-8-20)35-30-36(24-13-9-21(32)10-14-24)29(38)27(40-30)17-19-6-15-26(25(33)16-19)39-18-28(37)34-22-4-2-1-3-5-22/h1-17H,18H2,(H,34,37)/b27-17-,35-30?. The van der Waals surface area contributed by atoms with Gasteiger partial charge in [0.1, 0.15) is 5.75 Å². The van der Waals surface area contributed by atoms with E-state index in [0.29, 0.717) is 53.5 Å². The molecule has 0 aromatic heterocycles. The molecule has 200 valence electrons. The van der Waals surface area contributed by atoms with Gasteiger partial charge >= 0.3 is 0 Å². The molecule has 40 heavy (non-hydrogen) atoms. The molecule has 0 aliphatic carbocycles. The molecule has 10 heteroatoms. The number of aliphatic imine (C=N–C) groups is 1. The van der Waals surface area contributed by atoms with E-state index >= 15 is 0 Å². The van der Waals surface area contributed by atoms with Crippen molar-refractivity contribution in [1.82, 2.24) is 0 Å². The second-order valence-electron chi connectivity index (χ2n) is 8.49. The quantitative estimate of drug-likeness (QED) is 0.214. The molecule has 5 rings (SSSR count). The van der Waals surface area contributed by atoms with E-state index in [4.69, 9.17) is 44.5 Å². The summed E-state index contributed by atoms with van der Waals surface area (Å²) < 4.78 is 5.61. The number of nitrogens with one attached hydrogen (secondary N) is 1. The monoisotopic (exact) mass is 607 g/mol. The van der Waals surface area contributed by atoms with Crippen LogP contribution < -0.4 is 15.0 Å². The van der Waals surface area contributed by atoms with Gasteiger partial charge in [0, 0.05) is 15.7 Å². The molecule has 1 N–H and O–H groups in total. The zero-order valence-electron chi connectivity index (χ0n) is 20.7. The molecule has 0 unspecified atom stereocenters. The van der Waals surface area contributed by atoms with Crippen LogP contribution in [0.5, 0.6) is 5.75 Å². The van der Waals surface area contributed by atoms with Gasteiger partial charge in [-0.15, -0.1) is 0 Å². The Balaban J connectivity index is 1.35. The third-order valence-corrected chi connectivity index (χ3v) is 7.38. The van der Waals surface area contributed by atoms with Gasteiger partial charge in [-0.1, -0.05) is 59.1 Å². The average molecular weight is 609 g/mol. The number of amides is 2. The third kappa shape index (κ3) is 6.87. The predicted octanol–water partition coefficient (Wildman–Crippen LogP) is 8.47. The molecule has 1 aliphatic heterocycles. The lowest BCUT2D eigenvalue weighted by Crippen LogP contribution is -2.28. The maximum Gasteiger partial charge on any atom is 0.271 e. The summed E-state index contributed by atoms with van der Waals surface area (Å²) in [6, 6.07) is 28.2. The highest BCUT2D eigenvalue weighted by molar-refractivity contribution is 8.19. The number of para-hydroxylation sites is 1. The van der Waals surface area contributed by atoms with Crippen LogP contribution in [0.3, 0.4) is 0 Å². The van der Waals surface area contributed by atoms with Gasteiger partial charge < -0.3 is 10.1 Å². The number of rotatable bonds is 7. The third-order valence-electron chi connectivity index (χ3n) is 5.61. The minimum Gasteiger partial charge on any atom is -0.482 e. The number of halogens is 3. The van der Waals surface area contributed by atoms with Crippen molar-refractivity contribution in [2.45, 2.75) is 0 Å². The van der Waals surface area contributed by atoms with Crippen LogP contribution >= 0.6 is 46.6 Å². The highest BCUT2D eigenvalue weighted by atomic mass is 35.5. The van der Waals surface area contributed by atoms with Gasteiger partial charge in [0.25, 0.3) is 11.8 Å².